The molecule has 0 spiro atoms. The van der Waals surface area contributed by atoms with Crippen LogP contribution in [0.4, 0.5) is 0 Å². The number of rotatable bonds is 3. The Labute approximate surface area is 89.8 Å². The van der Waals surface area contributed by atoms with Crippen molar-refractivity contribution in [2.75, 3.05) is 5.75 Å². The van der Waals surface area contributed by atoms with Gasteiger partial charge in [0, 0.05) is 12.2 Å². The Bertz CT molecular complexity index is 472. The average Bonchev–Trinajstić information content (AvgIpc) is 2.67. The number of hydrogen-bond donors (Lipinski definition) is 0. The van der Waals surface area contributed by atoms with Gasteiger partial charge in [-0.15, -0.1) is 23.1 Å². The van der Waals surface area contributed by atoms with Crippen molar-refractivity contribution < 1.29 is 0 Å². The van der Waals surface area contributed by atoms with Crippen molar-refractivity contribution >= 4 is 33.3 Å². The van der Waals surface area contributed by atoms with Crippen LogP contribution >= 0.6 is 23.1 Å². The van der Waals surface area contributed by atoms with Crippen LogP contribution in [0.15, 0.2) is 22.8 Å². The molecular weight excluding hydrogens is 214 g/mol. The molecule has 2 aromatic rings. The number of aromatic nitrogens is 2. The topological polar surface area (TPSA) is 49.6 Å². The summed E-state index contributed by atoms with van der Waals surface area (Å²) in [5.41, 5.74) is 0.990. The second kappa shape index (κ2) is 4.40. The van der Waals surface area contributed by atoms with E-state index in [0.717, 1.165) is 21.0 Å². The third-order valence-corrected chi connectivity index (χ3v) is 3.69. The second-order valence-corrected chi connectivity index (χ2v) is 4.57. The van der Waals surface area contributed by atoms with Gasteiger partial charge in [-0.1, -0.05) is 0 Å². The maximum Gasteiger partial charge on any atom is 0.117 e. The minimum absolute atomic E-state index is 0.557. The molecule has 0 aliphatic rings. The van der Waals surface area contributed by atoms with Crippen LogP contribution in [0, 0.1) is 11.3 Å². The van der Waals surface area contributed by atoms with Gasteiger partial charge >= 0.3 is 0 Å². The minimum atomic E-state index is 0.557. The molecular formula is C9H7N3S2. The monoisotopic (exact) mass is 221 g/mol. The van der Waals surface area contributed by atoms with Crippen LogP contribution in [-0.4, -0.2) is 15.7 Å². The lowest BCUT2D eigenvalue weighted by molar-refractivity contribution is 1.10. The number of thioether (sulfide) groups is 1. The van der Waals surface area contributed by atoms with E-state index < -0.39 is 0 Å². The predicted molar refractivity (Wildman–Crippen MR) is 58.4 cm³/mol. The van der Waals surface area contributed by atoms with Crippen LogP contribution in [0.2, 0.25) is 0 Å². The van der Waals surface area contributed by atoms with Crippen LogP contribution in [0.1, 0.15) is 6.42 Å². The van der Waals surface area contributed by atoms with Crippen molar-refractivity contribution in [1.29, 1.82) is 5.26 Å². The summed E-state index contributed by atoms with van der Waals surface area (Å²) in [6, 6.07) is 4.10. The maximum atomic E-state index is 8.42. The van der Waals surface area contributed by atoms with Crippen molar-refractivity contribution in [3.8, 4) is 6.07 Å². The molecule has 0 saturated carbocycles. The van der Waals surface area contributed by atoms with Crippen LogP contribution in [0.3, 0.4) is 0 Å². The molecule has 0 aliphatic carbocycles. The first kappa shape index (κ1) is 9.44. The molecule has 70 valence electrons. The van der Waals surface area contributed by atoms with Crippen LogP contribution in [-0.2, 0) is 0 Å². The average molecular weight is 221 g/mol. The summed E-state index contributed by atoms with van der Waals surface area (Å²) in [5.74, 6) is 0.792. The zero-order valence-corrected chi connectivity index (χ0v) is 8.94. The van der Waals surface area contributed by atoms with E-state index >= 15 is 0 Å². The van der Waals surface area contributed by atoms with Crippen molar-refractivity contribution in [2.24, 2.45) is 0 Å². The van der Waals surface area contributed by atoms with Crippen molar-refractivity contribution in [3.05, 3.63) is 17.8 Å². The molecule has 0 saturated heterocycles. The highest BCUT2D eigenvalue weighted by atomic mass is 32.2. The van der Waals surface area contributed by atoms with Gasteiger partial charge in [-0.25, -0.2) is 9.97 Å². The zero-order valence-electron chi connectivity index (χ0n) is 7.30. The second-order valence-electron chi connectivity index (χ2n) is 2.57. The van der Waals surface area contributed by atoms with E-state index in [9.17, 15) is 0 Å². The van der Waals surface area contributed by atoms with Crippen LogP contribution < -0.4 is 0 Å². The van der Waals surface area contributed by atoms with E-state index in [1.165, 1.54) is 0 Å². The Morgan fingerprint density at radius 2 is 2.43 bits per heavy atom. The highest BCUT2D eigenvalue weighted by Crippen LogP contribution is 2.28. The quantitative estimate of drug-likeness (QED) is 0.454. The Kier molecular flexibility index (Phi) is 2.96. The summed E-state index contributed by atoms with van der Waals surface area (Å²) in [6.45, 7) is 0. The van der Waals surface area contributed by atoms with Crippen LogP contribution in [0.5, 0.6) is 0 Å². The molecule has 14 heavy (non-hydrogen) atoms. The van der Waals surface area contributed by atoms with E-state index in [-0.39, 0.29) is 0 Å². The highest BCUT2D eigenvalue weighted by Gasteiger charge is 2.04. The molecule has 2 heterocycles. The van der Waals surface area contributed by atoms with Gasteiger partial charge in [-0.2, -0.15) is 5.26 Å². The van der Waals surface area contributed by atoms with Crippen molar-refractivity contribution in [1.82, 2.24) is 9.97 Å². The maximum absolute atomic E-state index is 8.42. The van der Waals surface area contributed by atoms with Crippen molar-refractivity contribution in [3.63, 3.8) is 0 Å². The molecule has 2 aromatic heterocycles. The van der Waals surface area contributed by atoms with E-state index in [2.05, 4.69) is 16.0 Å². The zero-order chi connectivity index (χ0) is 9.80. The largest absolute Gasteiger partial charge is 0.235 e. The molecule has 0 radical (unpaired) electrons. The summed E-state index contributed by atoms with van der Waals surface area (Å²) in [4.78, 5) is 8.35. The fourth-order valence-electron chi connectivity index (χ4n) is 1.06. The first-order valence-electron chi connectivity index (χ1n) is 4.10. The SMILES string of the molecule is N#CCCSc1ncnc2ccsc12. The van der Waals surface area contributed by atoms with Gasteiger partial charge in [0.25, 0.3) is 0 Å². The Hall–Kier alpha value is -1.12. The van der Waals surface area contributed by atoms with E-state index in [4.69, 9.17) is 5.26 Å². The van der Waals surface area contributed by atoms with E-state index in [1.54, 1.807) is 29.4 Å². The molecule has 0 bridgehead atoms. The van der Waals surface area contributed by atoms with Gasteiger partial charge in [0.2, 0.25) is 0 Å². The number of nitrogens with zero attached hydrogens (tertiary/aromatic N) is 3. The summed E-state index contributed by atoms with van der Waals surface area (Å²) < 4.78 is 1.12. The lowest BCUT2D eigenvalue weighted by atomic mass is 10.5. The Balaban J connectivity index is 2.24. The summed E-state index contributed by atoms with van der Waals surface area (Å²) in [7, 11) is 0. The van der Waals surface area contributed by atoms with E-state index in [0.29, 0.717) is 6.42 Å². The van der Waals surface area contributed by atoms with Gasteiger partial charge < -0.3 is 0 Å². The summed E-state index contributed by atoms with van der Waals surface area (Å²) in [5, 5.41) is 11.4. The number of fused-ring (bicyclic) bond motifs is 1. The molecule has 0 unspecified atom stereocenters. The molecule has 0 amide bonds. The van der Waals surface area contributed by atoms with Gasteiger partial charge in [0.15, 0.2) is 0 Å². The number of thiophene rings is 1. The predicted octanol–water partition coefficient (Wildman–Crippen LogP) is 2.70. The normalized spacial score (nSPS) is 10.2. The molecule has 3 nitrogen and oxygen atoms in total. The molecule has 0 fully saturated rings. The fourth-order valence-corrected chi connectivity index (χ4v) is 2.86. The standard InChI is InChI=1S/C9H7N3S2/c10-3-1-4-14-9-8-7(2-5-13-8)11-6-12-9/h2,5-6H,1,4H2. The lowest BCUT2D eigenvalue weighted by Crippen LogP contribution is -1.84. The molecule has 5 heteroatoms. The summed E-state index contributed by atoms with van der Waals surface area (Å²) in [6.07, 6.45) is 2.13. The molecule has 0 aromatic carbocycles. The molecule has 0 N–H and O–H groups in total. The summed E-state index contributed by atoms with van der Waals surface area (Å²) >= 11 is 3.26. The van der Waals surface area contributed by atoms with Crippen LogP contribution in [0.25, 0.3) is 10.2 Å². The van der Waals surface area contributed by atoms with Gasteiger partial charge in [-0.3, -0.25) is 0 Å². The fraction of sp³-hybridized carbons (Fsp3) is 0.222. The van der Waals surface area contributed by atoms with Gasteiger partial charge in [0.1, 0.15) is 11.4 Å². The Morgan fingerprint density at radius 3 is 3.29 bits per heavy atom. The minimum Gasteiger partial charge on any atom is -0.235 e. The lowest BCUT2D eigenvalue weighted by Gasteiger charge is -1.97. The molecule has 0 aliphatic heterocycles. The number of nitriles is 1. The highest BCUT2D eigenvalue weighted by molar-refractivity contribution is 7.99. The number of hydrogen-bond acceptors (Lipinski definition) is 5. The van der Waals surface area contributed by atoms with Crippen molar-refractivity contribution in [2.45, 2.75) is 11.4 Å². The Morgan fingerprint density at radius 1 is 1.50 bits per heavy atom. The third-order valence-electron chi connectivity index (χ3n) is 1.66. The van der Waals surface area contributed by atoms with E-state index in [1.807, 2.05) is 11.4 Å². The van der Waals surface area contributed by atoms with Gasteiger partial charge in [0.05, 0.1) is 16.3 Å². The third kappa shape index (κ3) is 1.86. The van der Waals surface area contributed by atoms with Gasteiger partial charge in [-0.05, 0) is 11.4 Å². The first-order valence-corrected chi connectivity index (χ1v) is 5.96. The first-order chi connectivity index (χ1) is 6.92. The molecule has 0 atom stereocenters. The molecule has 2 rings (SSSR count). The smallest absolute Gasteiger partial charge is 0.117 e.